The molecule has 1 fully saturated rings. The lowest BCUT2D eigenvalue weighted by molar-refractivity contribution is 0.0624. The first-order valence-electron chi connectivity index (χ1n) is 6.68. The van der Waals surface area contributed by atoms with Crippen LogP contribution in [0, 0.1) is 5.92 Å². The fraction of sp³-hybridized carbons (Fsp3) is 0.615. The molecule has 2 atom stereocenters. The molecular weight excluding hydrogens is 244 g/mol. The average molecular weight is 264 g/mol. The number of aromatic amines is 1. The summed E-state index contributed by atoms with van der Waals surface area (Å²) in [5.41, 5.74) is 0.00855. The number of nitrogens with one attached hydrogen (secondary N) is 2. The Morgan fingerprint density at radius 2 is 2.37 bits per heavy atom. The van der Waals surface area contributed by atoms with Crippen LogP contribution in [0.4, 0.5) is 0 Å². The summed E-state index contributed by atoms with van der Waals surface area (Å²) in [5, 5.41) is 9.41. The molecule has 2 rings (SSSR count). The summed E-state index contributed by atoms with van der Waals surface area (Å²) in [6.07, 6.45) is 1.98. The van der Waals surface area contributed by atoms with Crippen molar-refractivity contribution in [1.29, 1.82) is 0 Å². The van der Waals surface area contributed by atoms with Gasteiger partial charge in [0.1, 0.15) is 5.69 Å². The van der Waals surface area contributed by atoms with Crippen molar-refractivity contribution in [3.8, 4) is 0 Å². The van der Waals surface area contributed by atoms with Gasteiger partial charge in [-0.1, -0.05) is 13.3 Å². The van der Waals surface area contributed by atoms with Crippen molar-refractivity contribution < 1.29 is 4.79 Å². The minimum absolute atomic E-state index is 0.107. The van der Waals surface area contributed by atoms with Crippen molar-refractivity contribution in [2.24, 2.45) is 5.92 Å². The minimum Gasteiger partial charge on any atom is -0.337 e. The van der Waals surface area contributed by atoms with Gasteiger partial charge >= 0.3 is 0 Å². The van der Waals surface area contributed by atoms with E-state index in [1.807, 2.05) is 11.9 Å². The zero-order valence-corrected chi connectivity index (χ0v) is 11.3. The topological polar surface area (TPSA) is 78.1 Å². The lowest BCUT2D eigenvalue weighted by Crippen LogP contribution is -2.50. The van der Waals surface area contributed by atoms with Crippen LogP contribution in [0.5, 0.6) is 0 Å². The molecule has 2 heterocycles. The number of hydrogen-bond donors (Lipinski definition) is 2. The summed E-state index contributed by atoms with van der Waals surface area (Å²) >= 11 is 0. The number of nitrogens with zero attached hydrogens (tertiary/aromatic N) is 2. The van der Waals surface area contributed by atoms with Crippen LogP contribution < -0.4 is 10.9 Å². The van der Waals surface area contributed by atoms with Crippen LogP contribution >= 0.6 is 0 Å². The number of hydrogen-bond acceptors (Lipinski definition) is 4. The van der Waals surface area contributed by atoms with E-state index in [1.165, 1.54) is 12.1 Å². The molecule has 6 heteroatoms. The lowest BCUT2D eigenvalue weighted by Gasteiger charge is -2.38. The fourth-order valence-corrected chi connectivity index (χ4v) is 2.64. The fourth-order valence-electron chi connectivity index (χ4n) is 2.64. The highest BCUT2D eigenvalue weighted by Gasteiger charge is 2.30. The van der Waals surface area contributed by atoms with E-state index in [-0.39, 0.29) is 11.5 Å². The largest absolute Gasteiger partial charge is 0.337 e. The summed E-state index contributed by atoms with van der Waals surface area (Å²) in [6, 6.07) is 3.28. The Bertz CT molecular complexity index is 479. The molecule has 104 valence electrons. The maximum absolute atomic E-state index is 12.3. The van der Waals surface area contributed by atoms with Gasteiger partial charge in [0.15, 0.2) is 0 Å². The zero-order chi connectivity index (χ0) is 13.8. The third kappa shape index (κ3) is 3.01. The highest BCUT2D eigenvalue weighted by Crippen LogP contribution is 2.21. The van der Waals surface area contributed by atoms with E-state index in [4.69, 9.17) is 0 Å². The molecular formula is C13H20N4O2. The van der Waals surface area contributed by atoms with Crippen LogP contribution in [-0.4, -0.2) is 47.2 Å². The third-order valence-corrected chi connectivity index (χ3v) is 3.81. The van der Waals surface area contributed by atoms with E-state index in [9.17, 15) is 9.59 Å². The second-order valence-electron chi connectivity index (χ2n) is 4.91. The van der Waals surface area contributed by atoms with E-state index >= 15 is 0 Å². The highest BCUT2D eigenvalue weighted by molar-refractivity contribution is 5.92. The molecule has 0 bridgehead atoms. The Kier molecular flexibility index (Phi) is 4.31. The number of piperidine rings is 1. The molecule has 1 amide bonds. The molecule has 0 aliphatic carbocycles. The van der Waals surface area contributed by atoms with Crippen LogP contribution in [0.15, 0.2) is 16.9 Å². The van der Waals surface area contributed by atoms with Crippen molar-refractivity contribution in [3.63, 3.8) is 0 Å². The molecule has 2 N–H and O–H groups in total. The number of carbonyl (C=O) groups is 1. The van der Waals surface area contributed by atoms with Gasteiger partial charge in [-0.2, -0.15) is 5.10 Å². The predicted octanol–water partition coefficient (Wildman–Crippen LogP) is 0.230. The van der Waals surface area contributed by atoms with Gasteiger partial charge in [0.05, 0.1) is 0 Å². The summed E-state index contributed by atoms with van der Waals surface area (Å²) in [4.78, 5) is 25.1. The molecule has 19 heavy (non-hydrogen) atoms. The number of aromatic nitrogens is 2. The summed E-state index contributed by atoms with van der Waals surface area (Å²) in [5.74, 6) is 0.356. The standard InChI is InChI=1S/C13H20N4O2/c1-3-9-8-17(7-6-10(9)14-2)13(19)11-4-5-12(18)16-15-11/h4-5,9-10,14H,3,6-8H2,1-2H3,(H,16,18). The van der Waals surface area contributed by atoms with Crippen LogP contribution in [0.2, 0.25) is 0 Å². The van der Waals surface area contributed by atoms with E-state index in [1.54, 1.807) is 0 Å². The third-order valence-electron chi connectivity index (χ3n) is 3.81. The quantitative estimate of drug-likeness (QED) is 0.819. The lowest BCUT2D eigenvalue weighted by atomic mass is 9.90. The van der Waals surface area contributed by atoms with Crippen molar-refractivity contribution in [3.05, 3.63) is 28.2 Å². The Morgan fingerprint density at radius 3 is 2.95 bits per heavy atom. The Balaban J connectivity index is 2.08. The number of H-pyrrole nitrogens is 1. The number of amides is 1. The van der Waals surface area contributed by atoms with Gasteiger partial charge in [-0.15, -0.1) is 0 Å². The first kappa shape index (κ1) is 13.7. The van der Waals surface area contributed by atoms with Crippen molar-refractivity contribution in [1.82, 2.24) is 20.4 Å². The maximum Gasteiger partial charge on any atom is 0.274 e. The highest BCUT2D eigenvalue weighted by atomic mass is 16.2. The normalized spacial score (nSPS) is 23.4. The monoisotopic (exact) mass is 264 g/mol. The molecule has 1 aromatic rings. The number of carbonyl (C=O) groups excluding carboxylic acids is 1. The second kappa shape index (κ2) is 5.97. The molecule has 0 aromatic carbocycles. The Labute approximate surface area is 112 Å². The van der Waals surface area contributed by atoms with Crippen molar-refractivity contribution in [2.45, 2.75) is 25.8 Å². The first-order chi connectivity index (χ1) is 9.15. The maximum atomic E-state index is 12.3. The Hall–Kier alpha value is -1.69. The molecule has 0 spiro atoms. The molecule has 2 unspecified atom stereocenters. The SMILES string of the molecule is CCC1CN(C(=O)c2ccc(=O)[nH]n2)CCC1NC. The van der Waals surface area contributed by atoms with Gasteiger partial charge in [-0.05, 0) is 25.5 Å². The van der Waals surface area contributed by atoms with Crippen LogP contribution in [0.25, 0.3) is 0 Å². The molecule has 1 aliphatic rings. The summed E-state index contributed by atoms with van der Waals surface area (Å²) in [7, 11) is 1.97. The summed E-state index contributed by atoms with van der Waals surface area (Å²) in [6.45, 7) is 3.60. The van der Waals surface area contributed by atoms with Gasteiger partial charge in [-0.3, -0.25) is 9.59 Å². The average Bonchev–Trinajstić information content (AvgIpc) is 2.46. The molecule has 0 saturated carbocycles. The van der Waals surface area contributed by atoms with Crippen molar-refractivity contribution in [2.75, 3.05) is 20.1 Å². The minimum atomic E-state index is -0.295. The Morgan fingerprint density at radius 1 is 1.58 bits per heavy atom. The number of rotatable bonds is 3. The van der Waals surface area contributed by atoms with Gasteiger partial charge < -0.3 is 10.2 Å². The van der Waals surface area contributed by atoms with Crippen molar-refractivity contribution >= 4 is 5.91 Å². The van der Waals surface area contributed by atoms with Crippen LogP contribution in [-0.2, 0) is 0 Å². The molecule has 1 aromatic heterocycles. The van der Waals surface area contributed by atoms with E-state index < -0.39 is 0 Å². The van der Waals surface area contributed by atoms with E-state index in [0.29, 0.717) is 17.7 Å². The zero-order valence-electron chi connectivity index (χ0n) is 11.3. The van der Waals surface area contributed by atoms with Gasteiger partial charge in [0.2, 0.25) is 0 Å². The molecule has 1 aliphatic heterocycles. The van der Waals surface area contributed by atoms with Gasteiger partial charge in [0.25, 0.3) is 11.5 Å². The first-order valence-corrected chi connectivity index (χ1v) is 6.68. The van der Waals surface area contributed by atoms with Gasteiger partial charge in [-0.25, -0.2) is 5.10 Å². The van der Waals surface area contributed by atoms with Crippen LogP contribution in [0.3, 0.4) is 0 Å². The number of likely N-dealkylation sites (tertiary alicyclic amines) is 1. The van der Waals surface area contributed by atoms with E-state index in [0.717, 1.165) is 25.9 Å². The molecule has 0 radical (unpaired) electrons. The summed E-state index contributed by atoms with van der Waals surface area (Å²) < 4.78 is 0. The molecule has 6 nitrogen and oxygen atoms in total. The predicted molar refractivity (Wildman–Crippen MR) is 72.0 cm³/mol. The van der Waals surface area contributed by atoms with Gasteiger partial charge in [0, 0.05) is 25.2 Å². The van der Waals surface area contributed by atoms with Crippen LogP contribution in [0.1, 0.15) is 30.3 Å². The molecule has 1 saturated heterocycles. The second-order valence-corrected chi connectivity index (χ2v) is 4.91. The van der Waals surface area contributed by atoms with E-state index in [2.05, 4.69) is 22.4 Å². The smallest absolute Gasteiger partial charge is 0.274 e.